The molecule has 0 saturated carbocycles. The number of fused-ring (bicyclic) bond motifs is 1. The number of hydrogen-bond acceptors (Lipinski definition) is 6. The minimum absolute atomic E-state index is 0.457. The van der Waals surface area contributed by atoms with Gasteiger partial charge >= 0.3 is 0 Å². The summed E-state index contributed by atoms with van der Waals surface area (Å²) in [5.41, 5.74) is 2.56. The van der Waals surface area contributed by atoms with Crippen molar-refractivity contribution >= 4 is 16.7 Å². The van der Waals surface area contributed by atoms with E-state index in [-0.39, 0.29) is 0 Å². The molecule has 0 aliphatic carbocycles. The summed E-state index contributed by atoms with van der Waals surface area (Å²) in [5.74, 6) is 0.457. The van der Waals surface area contributed by atoms with Gasteiger partial charge in [-0.1, -0.05) is 41.6 Å². The molecule has 112 valence electrons. The second-order valence-corrected chi connectivity index (χ2v) is 5.07. The summed E-state index contributed by atoms with van der Waals surface area (Å²) in [4.78, 5) is 4.51. The van der Waals surface area contributed by atoms with Gasteiger partial charge in [0.25, 0.3) is 0 Å². The van der Waals surface area contributed by atoms with Crippen LogP contribution in [-0.2, 0) is 6.54 Å². The summed E-state index contributed by atoms with van der Waals surface area (Å²) in [7, 11) is 0. The van der Waals surface area contributed by atoms with Gasteiger partial charge in [-0.25, -0.2) is 4.98 Å². The summed E-state index contributed by atoms with van der Waals surface area (Å²) in [6.07, 6.45) is 3.19. The van der Waals surface area contributed by atoms with Crippen LogP contribution < -0.4 is 5.32 Å². The first-order chi connectivity index (χ1) is 11.4. The molecule has 1 N–H and O–H groups in total. The maximum atomic E-state index is 4.79. The lowest BCUT2D eigenvalue weighted by Crippen LogP contribution is -2.05. The van der Waals surface area contributed by atoms with Crippen LogP contribution in [0.15, 0.2) is 65.5 Å². The van der Waals surface area contributed by atoms with Crippen LogP contribution in [0.1, 0.15) is 5.69 Å². The molecule has 2 heterocycles. The van der Waals surface area contributed by atoms with Crippen molar-refractivity contribution in [2.24, 2.45) is 0 Å². The Bertz CT molecular complexity index is 937. The molecule has 23 heavy (non-hydrogen) atoms. The molecule has 0 radical (unpaired) electrons. The Hall–Kier alpha value is -3.28. The van der Waals surface area contributed by atoms with E-state index in [1.165, 1.54) is 17.0 Å². The minimum atomic E-state index is 0.457. The van der Waals surface area contributed by atoms with Crippen LogP contribution in [-0.4, -0.2) is 20.3 Å². The van der Waals surface area contributed by atoms with Gasteiger partial charge in [-0.15, -0.1) is 5.10 Å². The Balaban J connectivity index is 1.61. The van der Waals surface area contributed by atoms with Crippen molar-refractivity contribution in [2.45, 2.75) is 6.54 Å². The Labute approximate surface area is 132 Å². The van der Waals surface area contributed by atoms with Crippen molar-refractivity contribution in [3.8, 4) is 11.3 Å². The lowest BCUT2D eigenvalue weighted by Gasteiger charge is -2.05. The molecule has 0 spiro atoms. The van der Waals surface area contributed by atoms with E-state index in [0.29, 0.717) is 12.5 Å². The minimum Gasteiger partial charge on any atom is -0.364 e. The highest BCUT2D eigenvalue weighted by molar-refractivity contribution is 5.86. The average molecular weight is 303 g/mol. The lowest BCUT2D eigenvalue weighted by atomic mass is 10.1. The summed E-state index contributed by atoms with van der Waals surface area (Å²) in [5, 5.41) is 17.3. The number of hydrogen-bond donors (Lipinski definition) is 1. The maximum absolute atomic E-state index is 4.79. The van der Waals surface area contributed by atoms with Gasteiger partial charge in [-0.3, -0.25) is 0 Å². The number of aromatic nitrogens is 4. The zero-order chi connectivity index (χ0) is 15.5. The summed E-state index contributed by atoms with van der Waals surface area (Å²) < 4.78 is 4.79. The number of benzene rings is 2. The van der Waals surface area contributed by atoms with Crippen molar-refractivity contribution in [3.05, 3.63) is 66.7 Å². The molecule has 6 heteroatoms. The summed E-state index contributed by atoms with van der Waals surface area (Å²) in [6, 6.07) is 16.2. The van der Waals surface area contributed by atoms with Gasteiger partial charge < -0.3 is 9.84 Å². The van der Waals surface area contributed by atoms with E-state index in [1.54, 1.807) is 12.3 Å². The Morgan fingerprint density at radius 1 is 1.00 bits per heavy atom. The maximum Gasteiger partial charge on any atom is 0.243 e. The van der Waals surface area contributed by atoms with Crippen LogP contribution in [0.3, 0.4) is 0 Å². The number of nitrogens with one attached hydrogen (secondary N) is 1. The fourth-order valence-corrected chi connectivity index (χ4v) is 2.36. The van der Waals surface area contributed by atoms with Crippen LogP contribution >= 0.6 is 0 Å². The molecule has 4 rings (SSSR count). The van der Waals surface area contributed by atoms with Crippen molar-refractivity contribution in [3.63, 3.8) is 0 Å². The molecule has 0 saturated heterocycles. The molecule has 6 nitrogen and oxygen atoms in total. The molecule has 0 unspecified atom stereocenters. The molecule has 2 aromatic heterocycles. The van der Waals surface area contributed by atoms with Gasteiger partial charge in [0.05, 0.1) is 18.4 Å². The summed E-state index contributed by atoms with van der Waals surface area (Å²) in [6.45, 7) is 0.485. The first kappa shape index (κ1) is 13.4. The SMILES string of the molecule is c1ccc2cc(-c3cnnc(NCc4ccon4)n3)ccc2c1. The smallest absolute Gasteiger partial charge is 0.243 e. The third-order valence-corrected chi connectivity index (χ3v) is 3.52. The van der Waals surface area contributed by atoms with Crippen molar-refractivity contribution in [1.82, 2.24) is 20.3 Å². The van der Waals surface area contributed by atoms with Crippen LogP contribution in [0, 0.1) is 0 Å². The molecule has 0 fully saturated rings. The summed E-state index contributed by atoms with van der Waals surface area (Å²) >= 11 is 0. The first-order valence-corrected chi connectivity index (χ1v) is 7.20. The fourth-order valence-electron chi connectivity index (χ4n) is 2.36. The molecular weight excluding hydrogens is 290 g/mol. The molecule has 0 aliphatic rings. The largest absolute Gasteiger partial charge is 0.364 e. The topological polar surface area (TPSA) is 76.7 Å². The highest BCUT2D eigenvalue weighted by Crippen LogP contribution is 2.22. The van der Waals surface area contributed by atoms with Crippen LogP contribution in [0.5, 0.6) is 0 Å². The van der Waals surface area contributed by atoms with Gasteiger partial charge in [0, 0.05) is 11.6 Å². The highest BCUT2D eigenvalue weighted by atomic mass is 16.5. The quantitative estimate of drug-likeness (QED) is 0.623. The van der Waals surface area contributed by atoms with E-state index in [2.05, 4.69) is 49.9 Å². The standard InChI is InChI=1S/C17H13N5O/c1-2-4-13-9-14(6-5-12(13)3-1)16-11-19-21-17(20-16)18-10-15-7-8-23-22-15/h1-9,11H,10H2,(H,18,20,21). The molecule has 0 atom stereocenters. The zero-order valence-corrected chi connectivity index (χ0v) is 12.2. The van der Waals surface area contributed by atoms with Crippen molar-refractivity contribution in [1.29, 1.82) is 0 Å². The van der Waals surface area contributed by atoms with Gasteiger partial charge in [-0.05, 0) is 16.8 Å². The van der Waals surface area contributed by atoms with Crippen LogP contribution in [0.25, 0.3) is 22.0 Å². The van der Waals surface area contributed by atoms with Crippen LogP contribution in [0.2, 0.25) is 0 Å². The van der Waals surface area contributed by atoms with E-state index in [9.17, 15) is 0 Å². The van der Waals surface area contributed by atoms with E-state index in [0.717, 1.165) is 17.0 Å². The second-order valence-electron chi connectivity index (χ2n) is 5.07. The Kier molecular flexibility index (Phi) is 3.40. The van der Waals surface area contributed by atoms with Crippen LogP contribution in [0.4, 0.5) is 5.95 Å². The van der Waals surface area contributed by atoms with E-state index >= 15 is 0 Å². The van der Waals surface area contributed by atoms with Crippen molar-refractivity contribution < 1.29 is 4.52 Å². The van der Waals surface area contributed by atoms with E-state index in [4.69, 9.17) is 4.52 Å². The van der Waals surface area contributed by atoms with E-state index in [1.807, 2.05) is 18.2 Å². The molecular formula is C17H13N5O. The van der Waals surface area contributed by atoms with Gasteiger partial charge in [0.15, 0.2) is 0 Å². The van der Waals surface area contributed by atoms with E-state index < -0.39 is 0 Å². The first-order valence-electron chi connectivity index (χ1n) is 7.20. The Morgan fingerprint density at radius 3 is 2.78 bits per heavy atom. The number of rotatable bonds is 4. The molecule has 0 bridgehead atoms. The lowest BCUT2D eigenvalue weighted by molar-refractivity contribution is 0.412. The monoisotopic (exact) mass is 303 g/mol. The Morgan fingerprint density at radius 2 is 1.91 bits per heavy atom. The number of nitrogens with zero attached hydrogens (tertiary/aromatic N) is 4. The predicted molar refractivity (Wildman–Crippen MR) is 86.6 cm³/mol. The molecule has 0 amide bonds. The highest BCUT2D eigenvalue weighted by Gasteiger charge is 2.05. The van der Waals surface area contributed by atoms with Gasteiger partial charge in [0.2, 0.25) is 5.95 Å². The average Bonchev–Trinajstić information content (AvgIpc) is 3.13. The zero-order valence-electron chi connectivity index (χ0n) is 12.2. The van der Waals surface area contributed by atoms with Gasteiger partial charge in [-0.2, -0.15) is 5.10 Å². The van der Waals surface area contributed by atoms with Crippen molar-refractivity contribution in [2.75, 3.05) is 5.32 Å². The second kappa shape index (κ2) is 5.84. The number of anilines is 1. The predicted octanol–water partition coefficient (Wildman–Crippen LogP) is 3.29. The van der Waals surface area contributed by atoms with Gasteiger partial charge in [0.1, 0.15) is 12.0 Å². The molecule has 0 aliphatic heterocycles. The third-order valence-electron chi connectivity index (χ3n) is 3.52. The normalized spacial score (nSPS) is 10.8. The molecule has 4 aromatic rings. The third kappa shape index (κ3) is 2.87. The fraction of sp³-hybridized carbons (Fsp3) is 0.0588. The molecule has 2 aromatic carbocycles.